The lowest BCUT2D eigenvalue weighted by Gasteiger charge is -2.16. The lowest BCUT2D eigenvalue weighted by molar-refractivity contribution is 0.0459. The van der Waals surface area contributed by atoms with Gasteiger partial charge in [-0.25, -0.2) is 0 Å². The van der Waals surface area contributed by atoms with Gasteiger partial charge in [-0.05, 0) is 27.7 Å². The summed E-state index contributed by atoms with van der Waals surface area (Å²) in [6, 6.07) is 0. The fourth-order valence-electron chi connectivity index (χ4n) is 0.354. The van der Waals surface area contributed by atoms with Crippen molar-refractivity contribution in [2.24, 2.45) is 0 Å². The Balaban J connectivity index is 3.15. The normalized spacial score (nSPS) is 12.0. The first-order chi connectivity index (χ1) is 3.06. The topological polar surface area (TPSA) is 9.23 Å². The van der Waals surface area contributed by atoms with Gasteiger partial charge in [0.25, 0.3) is 0 Å². The molecule has 0 aliphatic carbocycles. The van der Waals surface area contributed by atoms with Crippen LogP contribution < -0.4 is 0 Å². The van der Waals surface area contributed by atoms with Crippen LogP contribution in [0, 0.1) is 6.61 Å². The van der Waals surface area contributed by atoms with E-state index >= 15 is 0 Å². The van der Waals surface area contributed by atoms with Gasteiger partial charge in [-0.15, -0.1) is 0 Å². The Morgan fingerprint density at radius 1 is 1.29 bits per heavy atom. The minimum atomic E-state index is -0.00521. The molecule has 0 atom stereocenters. The van der Waals surface area contributed by atoms with E-state index in [2.05, 4.69) is 0 Å². The summed E-state index contributed by atoms with van der Waals surface area (Å²) in [7, 11) is 0. The SMILES string of the molecule is C[CH]OC(C)(C)C. The third kappa shape index (κ3) is 5.96. The van der Waals surface area contributed by atoms with E-state index < -0.39 is 0 Å². The average Bonchev–Trinajstić information content (AvgIpc) is 1.30. The van der Waals surface area contributed by atoms with Crippen LogP contribution in [0.3, 0.4) is 0 Å². The maximum absolute atomic E-state index is 5.10. The summed E-state index contributed by atoms with van der Waals surface area (Å²) in [5.74, 6) is 0. The van der Waals surface area contributed by atoms with Crippen LogP contribution in [0.1, 0.15) is 27.7 Å². The second-order valence-corrected chi connectivity index (χ2v) is 2.47. The first kappa shape index (κ1) is 6.96. The van der Waals surface area contributed by atoms with Gasteiger partial charge in [0.15, 0.2) is 0 Å². The molecule has 0 heterocycles. The third-order valence-corrected chi connectivity index (χ3v) is 0.471. The number of hydrogen-bond acceptors (Lipinski definition) is 1. The van der Waals surface area contributed by atoms with Crippen LogP contribution >= 0.6 is 0 Å². The Kier molecular flexibility index (Phi) is 2.30. The molecule has 0 aromatic carbocycles. The maximum atomic E-state index is 5.10. The average molecular weight is 101 g/mol. The van der Waals surface area contributed by atoms with Crippen LogP contribution in [0.4, 0.5) is 0 Å². The van der Waals surface area contributed by atoms with Crippen molar-refractivity contribution in [1.82, 2.24) is 0 Å². The monoisotopic (exact) mass is 101 g/mol. The molecular weight excluding hydrogens is 88.1 g/mol. The summed E-state index contributed by atoms with van der Waals surface area (Å²) >= 11 is 0. The van der Waals surface area contributed by atoms with Crippen molar-refractivity contribution in [3.63, 3.8) is 0 Å². The van der Waals surface area contributed by atoms with Gasteiger partial charge in [0.2, 0.25) is 0 Å². The predicted octanol–water partition coefficient (Wildman–Crippen LogP) is 1.98. The molecule has 0 rings (SSSR count). The number of rotatable bonds is 1. The smallest absolute Gasteiger partial charge is 0.0813 e. The highest BCUT2D eigenvalue weighted by molar-refractivity contribution is 4.59. The molecule has 0 aliphatic heterocycles. The molecule has 0 N–H and O–H groups in total. The molecular formula is C6H13O. The van der Waals surface area contributed by atoms with Crippen molar-refractivity contribution in [3.05, 3.63) is 6.61 Å². The van der Waals surface area contributed by atoms with Crippen LogP contribution in [0.25, 0.3) is 0 Å². The highest BCUT2D eigenvalue weighted by Crippen LogP contribution is 2.06. The van der Waals surface area contributed by atoms with Gasteiger partial charge in [-0.2, -0.15) is 0 Å². The summed E-state index contributed by atoms with van der Waals surface area (Å²) in [6.07, 6.45) is 0. The zero-order chi connectivity index (χ0) is 5.91. The molecule has 0 unspecified atom stereocenters. The van der Waals surface area contributed by atoms with Gasteiger partial charge in [-0.1, -0.05) is 0 Å². The van der Waals surface area contributed by atoms with Crippen LogP contribution in [-0.2, 0) is 4.74 Å². The van der Waals surface area contributed by atoms with E-state index in [4.69, 9.17) is 4.74 Å². The van der Waals surface area contributed by atoms with E-state index in [0.717, 1.165) is 0 Å². The zero-order valence-corrected chi connectivity index (χ0v) is 5.49. The molecule has 0 amide bonds. The molecule has 1 radical (unpaired) electrons. The van der Waals surface area contributed by atoms with Crippen molar-refractivity contribution >= 4 is 0 Å². The Morgan fingerprint density at radius 2 is 1.71 bits per heavy atom. The summed E-state index contributed by atoms with van der Waals surface area (Å²) in [6.45, 7) is 9.65. The van der Waals surface area contributed by atoms with E-state index in [9.17, 15) is 0 Å². The highest BCUT2D eigenvalue weighted by atomic mass is 16.5. The molecule has 0 aromatic rings. The van der Waals surface area contributed by atoms with Crippen molar-refractivity contribution in [2.45, 2.75) is 33.3 Å². The molecule has 0 fully saturated rings. The second kappa shape index (κ2) is 2.31. The van der Waals surface area contributed by atoms with Crippen LogP contribution in [-0.4, -0.2) is 5.60 Å². The minimum Gasteiger partial charge on any atom is -0.370 e. The molecule has 1 heteroatoms. The van der Waals surface area contributed by atoms with E-state index in [1.165, 1.54) is 0 Å². The summed E-state index contributed by atoms with van der Waals surface area (Å²) in [5, 5.41) is 0. The highest BCUT2D eigenvalue weighted by Gasteiger charge is 2.06. The zero-order valence-electron chi connectivity index (χ0n) is 5.49. The molecule has 0 aliphatic rings. The van der Waals surface area contributed by atoms with E-state index in [1.807, 2.05) is 27.7 Å². The van der Waals surface area contributed by atoms with Crippen LogP contribution in [0.5, 0.6) is 0 Å². The Labute approximate surface area is 45.7 Å². The van der Waals surface area contributed by atoms with Gasteiger partial charge in [0.05, 0.1) is 12.2 Å². The van der Waals surface area contributed by atoms with Gasteiger partial charge in [-0.3, -0.25) is 0 Å². The van der Waals surface area contributed by atoms with Crippen molar-refractivity contribution in [3.8, 4) is 0 Å². The molecule has 0 bridgehead atoms. The number of ether oxygens (including phenoxy) is 1. The molecule has 0 saturated carbocycles. The van der Waals surface area contributed by atoms with Crippen LogP contribution in [0.15, 0.2) is 0 Å². The predicted molar refractivity (Wildman–Crippen MR) is 30.8 cm³/mol. The minimum absolute atomic E-state index is 0.00521. The lowest BCUT2D eigenvalue weighted by atomic mass is 10.2. The first-order valence-corrected chi connectivity index (χ1v) is 2.52. The Hall–Kier alpha value is -0.0400. The van der Waals surface area contributed by atoms with E-state index in [1.54, 1.807) is 6.61 Å². The van der Waals surface area contributed by atoms with Crippen LogP contribution in [0.2, 0.25) is 0 Å². The Morgan fingerprint density at radius 3 is 1.71 bits per heavy atom. The molecule has 7 heavy (non-hydrogen) atoms. The molecule has 0 spiro atoms. The summed E-state index contributed by atoms with van der Waals surface area (Å²) in [5.41, 5.74) is -0.00521. The van der Waals surface area contributed by atoms with Gasteiger partial charge in [0.1, 0.15) is 0 Å². The quantitative estimate of drug-likeness (QED) is 0.490. The molecule has 43 valence electrons. The van der Waals surface area contributed by atoms with Crippen molar-refractivity contribution in [2.75, 3.05) is 0 Å². The first-order valence-electron chi connectivity index (χ1n) is 2.52. The fraction of sp³-hybridized carbons (Fsp3) is 0.833. The van der Waals surface area contributed by atoms with Gasteiger partial charge >= 0.3 is 0 Å². The molecule has 0 saturated heterocycles. The van der Waals surface area contributed by atoms with E-state index in [0.29, 0.717) is 0 Å². The van der Waals surface area contributed by atoms with Crippen molar-refractivity contribution < 1.29 is 4.74 Å². The van der Waals surface area contributed by atoms with Gasteiger partial charge < -0.3 is 4.74 Å². The summed E-state index contributed by atoms with van der Waals surface area (Å²) < 4.78 is 5.10. The third-order valence-electron chi connectivity index (χ3n) is 0.471. The summed E-state index contributed by atoms with van der Waals surface area (Å²) in [4.78, 5) is 0. The van der Waals surface area contributed by atoms with E-state index in [-0.39, 0.29) is 5.60 Å². The molecule has 0 aromatic heterocycles. The van der Waals surface area contributed by atoms with Crippen molar-refractivity contribution in [1.29, 1.82) is 0 Å². The fourth-order valence-corrected chi connectivity index (χ4v) is 0.354. The Bertz CT molecular complexity index is 42.6. The number of hydrogen-bond donors (Lipinski definition) is 0. The maximum Gasteiger partial charge on any atom is 0.0813 e. The lowest BCUT2D eigenvalue weighted by Crippen LogP contribution is -2.16. The van der Waals surface area contributed by atoms with Gasteiger partial charge in [0, 0.05) is 0 Å². The second-order valence-electron chi connectivity index (χ2n) is 2.47. The molecule has 1 nitrogen and oxygen atoms in total. The largest absolute Gasteiger partial charge is 0.370 e. The standard InChI is InChI=1S/C6H13O/c1-5-7-6(2,3)4/h5H,1-4H3.